The van der Waals surface area contributed by atoms with Crippen molar-refractivity contribution in [3.8, 4) is 0 Å². The molecule has 0 fully saturated rings. The Balaban J connectivity index is 4.20. The van der Waals surface area contributed by atoms with Crippen molar-refractivity contribution in [1.82, 2.24) is 9.80 Å². The molecule has 0 aromatic rings. The van der Waals surface area contributed by atoms with E-state index in [1.165, 1.54) is 13.1 Å². The van der Waals surface area contributed by atoms with Crippen LogP contribution >= 0.6 is 0 Å². The number of hydrogen-bond acceptors (Lipinski definition) is 4. The first-order valence-corrected chi connectivity index (χ1v) is 8.34. The fourth-order valence-corrected chi connectivity index (χ4v) is 2.54. The molecule has 0 radical (unpaired) electrons. The second-order valence-electron chi connectivity index (χ2n) is 6.67. The van der Waals surface area contributed by atoms with E-state index in [4.69, 9.17) is 11.5 Å². The average Bonchev–Trinajstić information content (AvgIpc) is 2.36. The highest BCUT2D eigenvalue weighted by molar-refractivity contribution is 4.67. The fourth-order valence-electron chi connectivity index (χ4n) is 2.54. The number of nitrogens with two attached hydrogens (primary N) is 2. The van der Waals surface area contributed by atoms with Crippen LogP contribution in [0.2, 0.25) is 0 Å². The van der Waals surface area contributed by atoms with Gasteiger partial charge >= 0.3 is 0 Å². The highest BCUT2D eigenvalue weighted by atomic mass is 15.2. The first-order chi connectivity index (χ1) is 9.49. The van der Waals surface area contributed by atoms with Gasteiger partial charge in [-0.1, -0.05) is 27.7 Å². The highest BCUT2D eigenvalue weighted by Crippen LogP contribution is 2.04. The van der Waals surface area contributed by atoms with Crippen molar-refractivity contribution >= 4 is 0 Å². The lowest BCUT2D eigenvalue weighted by molar-refractivity contribution is 0.175. The third kappa shape index (κ3) is 11.6. The molecule has 0 saturated heterocycles. The summed E-state index contributed by atoms with van der Waals surface area (Å²) in [6, 6.07) is 0. The lowest BCUT2D eigenvalue weighted by Crippen LogP contribution is -2.40. The maximum absolute atomic E-state index is 5.63. The zero-order chi connectivity index (χ0) is 15.4. The van der Waals surface area contributed by atoms with Crippen molar-refractivity contribution in [2.45, 2.75) is 40.5 Å². The molecule has 0 aromatic carbocycles. The molecule has 0 spiro atoms. The molecular formula is C16H38N4. The van der Waals surface area contributed by atoms with Gasteiger partial charge in [-0.05, 0) is 50.9 Å². The topological polar surface area (TPSA) is 58.5 Å². The molecule has 4 heteroatoms. The normalized spacial score (nSPS) is 12.3. The van der Waals surface area contributed by atoms with E-state index in [1.807, 2.05) is 0 Å². The lowest BCUT2D eigenvalue weighted by atomic mass is 10.1. The maximum atomic E-state index is 5.63. The van der Waals surface area contributed by atoms with E-state index >= 15 is 0 Å². The van der Waals surface area contributed by atoms with Crippen LogP contribution in [-0.4, -0.2) is 62.2 Å². The van der Waals surface area contributed by atoms with E-state index in [2.05, 4.69) is 37.5 Å². The molecule has 4 nitrogen and oxygen atoms in total. The lowest BCUT2D eigenvalue weighted by Gasteiger charge is -2.30. The van der Waals surface area contributed by atoms with E-state index in [-0.39, 0.29) is 0 Å². The molecule has 0 aromatic heterocycles. The van der Waals surface area contributed by atoms with E-state index in [0.29, 0.717) is 0 Å². The SMILES string of the molecule is CC(C)CN(CCN(CCCN)CCCN)CC(C)C. The Labute approximate surface area is 126 Å². The minimum Gasteiger partial charge on any atom is -0.330 e. The minimum absolute atomic E-state index is 0.732. The number of nitrogens with zero attached hydrogens (tertiary/aromatic N) is 2. The van der Waals surface area contributed by atoms with Crippen molar-refractivity contribution in [2.24, 2.45) is 23.3 Å². The first-order valence-electron chi connectivity index (χ1n) is 8.34. The van der Waals surface area contributed by atoms with E-state index in [1.54, 1.807) is 0 Å². The summed E-state index contributed by atoms with van der Waals surface area (Å²) in [4.78, 5) is 5.13. The summed E-state index contributed by atoms with van der Waals surface area (Å²) in [6.45, 7) is 17.7. The van der Waals surface area contributed by atoms with Crippen LogP contribution in [0.1, 0.15) is 40.5 Å². The third-order valence-corrected chi connectivity index (χ3v) is 3.34. The Morgan fingerprint density at radius 3 is 1.40 bits per heavy atom. The van der Waals surface area contributed by atoms with Crippen molar-refractivity contribution in [3.63, 3.8) is 0 Å². The van der Waals surface area contributed by atoms with Gasteiger partial charge in [-0.15, -0.1) is 0 Å². The van der Waals surface area contributed by atoms with Crippen LogP contribution in [0, 0.1) is 11.8 Å². The molecule has 0 aliphatic carbocycles. The van der Waals surface area contributed by atoms with Gasteiger partial charge in [0.05, 0.1) is 0 Å². The quantitative estimate of drug-likeness (QED) is 0.540. The molecule has 0 unspecified atom stereocenters. The molecule has 0 rings (SSSR count). The zero-order valence-electron chi connectivity index (χ0n) is 14.3. The molecule has 0 aliphatic heterocycles. The summed E-state index contributed by atoms with van der Waals surface area (Å²) < 4.78 is 0. The summed E-state index contributed by atoms with van der Waals surface area (Å²) in [5, 5.41) is 0. The maximum Gasteiger partial charge on any atom is 0.0110 e. The molecule has 20 heavy (non-hydrogen) atoms. The van der Waals surface area contributed by atoms with Crippen LogP contribution in [0.4, 0.5) is 0 Å². The third-order valence-electron chi connectivity index (χ3n) is 3.34. The minimum atomic E-state index is 0.732. The molecule has 0 bridgehead atoms. The molecule has 0 amide bonds. The van der Waals surface area contributed by atoms with Gasteiger partial charge in [-0.25, -0.2) is 0 Å². The predicted octanol–water partition coefficient (Wildman–Crippen LogP) is 1.60. The van der Waals surface area contributed by atoms with Crippen LogP contribution in [0.15, 0.2) is 0 Å². The van der Waals surface area contributed by atoms with Gasteiger partial charge in [-0.3, -0.25) is 0 Å². The molecular weight excluding hydrogens is 248 g/mol. The van der Waals surface area contributed by atoms with Crippen LogP contribution in [-0.2, 0) is 0 Å². The van der Waals surface area contributed by atoms with E-state index in [0.717, 1.165) is 63.9 Å². The van der Waals surface area contributed by atoms with Gasteiger partial charge in [0.25, 0.3) is 0 Å². The summed E-state index contributed by atoms with van der Waals surface area (Å²) in [5.41, 5.74) is 11.3. The summed E-state index contributed by atoms with van der Waals surface area (Å²) in [7, 11) is 0. The van der Waals surface area contributed by atoms with Crippen LogP contribution in [0.5, 0.6) is 0 Å². The van der Waals surface area contributed by atoms with Gasteiger partial charge in [0, 0.05) is 26.2 Å². The van der Waals surface area contributed by atoms with E-state index < -0.39 is 0 Å². The van der Waals surface area contributed by atoms with Gasteiger partial charge in [0.15, 0.2) is 0 Å². The predicted molar refractivity (Wildman–Crippen MR) is 89.9 cm³/mol. The Hall–Kier alpha value is -0.160. The Bertz CT molecular complexity index is 189. The Morgan fingerprint density at radius 2 is 1.05 bits per heavy atom. The number of hydrogen-bond donors (Lipinski definition) is 2. The Kier molecular flexibility index (Phi) is 12.5. The molecule has 0 atom stereocenters. The average molecular weight is 287 g/mol. The van der Waals surface area contributed by atoms with Crippen molar-refractivity contribution in [2.75, 3.05) is 52.4 Å². The summed E-state index contributed by atoms with van der Waals surface area (Å²) in [6.07, 6.45) is 2.16. The van der Waals surface area contributed by atoms with Gasteiger partial charge in [0.1, 0.15) is 0 Å². The Morgan fingerprint density at radius 1 is 0.650 bits per heavy atom. The first kappa shape index (κ1) is 19.8. The standard InChI is InChI=1S/C16H38N4/c1-15(2)13-20(14-16(3)4)12-11-19(9-5-7-17)10-6-8-18/h15-16H,5-14,17-18H2,1-4H3. The second kappa shape index (κ2) is 12.6. The van der Waals surface area contributed by atoms with Gasteiger partial charge in [0.2, 0.25) is 0 Å². The van der Waals surface area contributed by atoms with Crippen LogP contribution in [0.3, 0.4) is 0 Å². The highest BCUT2D eigenvalue weighted by Gasteiger charge is 2.11. The van der Waals surface area contributed by atoms with Gasteiger partial charge < -0.3 is 21.3 Å². The van der Waals surface area contributed by atoms with Crippen LogP contribution in [0.25, 0.3) is 0 Å². The number of rotatable bonds is 13. The van der Waals surface area contributed by atoms with Gasteiger partial charge in [-0.2, -0.15) is 0 Å². The smallest absolute Gasteiger partial charge is 0.0110 e. The fraction of sp³-hybridized carbons (Fsp3) is 1.00. The van der Waals surface area contributed by atoms with Crippen molar-refractivity contribution in [1.29, 1.82) is 0 Å². The van der Waals surface area contributed by atoms with Crippen molar-refractivity contribution in [3.05, 3.63) is 0 Å². The summed E-state index contributed by atoms with van der Waals surface area (Å²) in [5.74, 6) is 1.46. The molecule has 122 valence electrons. The molecule has 0 saturated carbocycles. The van der Waals surface area contributed by atoms with E-state index in [9.17, 15) is 0 Å². The monoisotopic (exact) mass is 286 g/mol. The zero-order valence-corrected chi connectivity index (χ0v) is 14.3. The molecule has 4 N–H and O–H groups in total. The van der Waals surface area contributed by atoms with Crippen molar-refractivity contribution < 1.29 is 0 Å². The van der Waals surface area contributed by atoms with Crippen LogP contribution < -0.4 is 11.5 Å². The summed E-state index contributed by atoms with van der Waals surface area (Å²) >= 11 is 0. The molecule has 0 heterocycles. The second-order valence-corrected chi connectivity index (χ2v) is 6.67. The largest absolute Gasteiger partial charge is 0.330 e. The molecule has 0 aliphatic rings.